The second-order valence-corrected chi connectivity index (χ2v) is 17.7. The first-order valence-electron chi connectivity index (χ1n) is 23.9. The first-order valence-corrected chi connectivity index (χ1v) is 23.9. The zero-order valence-electron chi connectivity index (χ0n) is 43.4. The number of nitrogens with zero attached hydrogens (tertiary/aromatic N) is 11. The summed E-state index contributed by atoms with van der Waals surface area (Å²) >= 11 is 0. The summed E-state index contributed by atoms with van der Waals surface area (Å²) in [7, 11) is 11.3. The zero-order chi connectivity index (χ0) is 56.4. The average molecular weight is 1070 g/mol. The molecule has 0 aliphatic heterocycles. The Labute approximate surface area is 443 Å². The van der Waals surface area contributed by atoms with Crippen molar-refractivity contribution in [2.45, 2.75) is 25.7 Å². The summed E-state index contributed by atoms with van der Waals surface area (Å²) in [4.78, 5) is 143. The molecule has 7 aromatic heterocycles. The molecule has 30 nitrogen and oxygen atoms in total. The third-order valence-electron chi connectivity index (χ3n) is 11.6. The molecule has 0 fully saturated rings. The van der Waals surface area contributed by atoms with E-state index in [-0.39, 0.29) is 115 Å². The van der Waals surface area contributed by atoms with E-state index in [2.05, 4.69) is 67.8 Å². The van der Waals surface area contributed by atoms with Crippen LogP contribution in [0, 0.1) is 0 Å². The van der Waals surface area contributed by atoms with Crippen LogP contribution in [0.25, 0.3) is 0 Å². The lowest BCUT2D eigenvalue weighted by Crippen LogP contribution is -2.29. The number of imidazole rings is 4. The number of carbonyl (C=O) groups is 10. The van der Waals surface area contributed by atoms with Gasteiger partial charge >= 0.3 is 0 Å². The molecule has 7 aromatic rings. The number of nitrogens with one attached hydrogen (secondary N) is 9. The smallest absolute Gasteiger partial charge is 0.291 e. The first-order chi connectivity index (χ1) is 37.1. The van der Waals surface area contributed by atoms with Gasteiger partial charge in [-0.2, -0.15) is 0 Å². The molecule has 78 heavy (non-hydrogen) atoms. The van der Waals surface area contributed by atoms with Gasteiger partial charge in [0, 0.05) is 138 Å². The van der Waals surface area contributed by atoms with E-state index in [1.807, 2.05) is 0 Å². The van der Waals surface area contributed by atoms with Crippen molar-refractivity contribution in [1.29, 1.82) is 0 Å². The van der Waals surface area contributed by atoms with E-state index in [0.29, 0.717) is 12.0 Å². The van der Waals surface area contributed by atoms with E-state index in [9.17, 15) is 47.9 Å². The maximum absolute atomic E-state index is 13.2. The molecule has 0 spiro atoms. The van der Waals surface area contributed by atoms with Gasteiger partial charge in [-0.15, -0.1) is 0 Å². The molecule has 0 aliphatic carbocycles. The van der Waals surface area contributed by atoms with Crippen LogP contribution in [0.3, 0.4) is 0 Å². The molecule has 0 saturated heterocycles. The molecule has 9 amide bonds. The molecular formula is C48H56N20O10. The van der Waals surface area contributed by atoms with E-state index in [1.54, 1.807) is 66.3 Å². The van der Waals surface area contributed by atoms with E-state index < -0.39 is 53.2 Å². The van der Waals surface area contributed by atoms with Crippen molar-refractivity contribution < 1.29 is 47.9 Å². The molecule has 0 unspecified atom stereocenters. The highest BCUT2D eigenvalue weighted by atomic mass is 16.2. The van der Waals surface area contributed by atoms with Gasteiger partial charge in [0.2, 0.25) is 29.4 Å². The number of aryl methyl sites for hydroxylation is 7. The molecule has 0 bridgehead atoms. The largest absolute Gasteiger partial charge is 0.351 e. The molecule has 0 aliphatic rings. The molecule has 30 heteroatoms. The molecule has 0 atom stereocenters. The third kappa shape index (κ3) is 13.8. The van der Waals surface area contributed by atoms with E-state index in [4.69, 9.17) is 0 Å². The molecule has 0 radical (unpaired) electrons. The van der Waals surface area contributed by atoms with Crippen LogP contribution in [0.4, 0.5) is 34.5 Å². The lowest BCUT2D eigenvalue weighted by atomic mass is 10.3. The summed E-state index contributed by atoms with van der Waals surface area (Å²) in [6.07, 6.45) is 12.7. The fraction of sp³-hybridized carbons (Fsp3) is 0.292. The number of aromatic nitrogens is 11. The summed E-state index contributed by atoms with van der Waals surface area (Å²) in [5.74, 6) is -3.82. The van der Waals surface area contributed by atoms with Crippen LogP contribution in [0.1, 0.15) is 99.6 Å². The summed E-state index contributed by atoms with van der Waals surface area (Å²) in [5, 5.41) is 23.9. The normalized spacial score (nSPS) is 10.9. The Balaban J connectivity index is 0.793. The van der Waals surface area contributed by atoms with Crippen LogP contribution in [-0.2, 0) is 63.7 Å². The van der Waals surface area contributed by atoms with Crippen LogP contribution >= 0.6 is 0 Å². The maximum atomic E-state index is 13.2. The maximum Gasteiger partial charge on any atom is 0.291 e. The van der Waals surface area contributed by atoms with E-state index >= 15 is 0 Å². The molecular weight excluding hydrogens is 1020 g/mol. The number of carbonyl (C=O) groups excluding carboxylic acids is 10. The van der Waals surface area contributed by atoms with E-state index in [0.717, 1.165) is 0 Å². The van der Waals surface area contributed by atoms with Crippen LogP contribution in [-0.4, -0.2) is 131 Å². The highest BCUT2D eigenvalue weighted by Crippen LogP contribution is 2.19. The Morgan fingerprint density at radius 1 is 0.423 bits per heavy atom. The number of anilines is 6. The van der Waals surface area contributed by atoms with Gasteiger partial charge in [0.25, 0.3) is 35.4 Å². The predicted octanol–water partition coefficient (Wildman–Crippen LogP) is 0.871. The van der Waals surface area contributed by atoms with Gasteiger partial charge in [0.15, 0.2) is 35.4 Å². The molecule has 408 valence electrons. The molecule has 7 heterocycles. The highest BCUT2D eigenvalue weighted by Gasteiger charge is 2.22. The zero-order valence-corrected chi connectivity index (χ0v) is 43.4. The summed E-state index contributed by atoms with van der Waals surface area (Å²) in [5.41, 5.74) is 1.60. The number of aldehydes is 1. The van der Waals surface area contributed by atoms with Crippen molar-refractivity contribution in [2.24, 2.45) is 49.3 Å². The Hall–Kier alpha value is -10.4. The van der Waals surface area contributed by atoms with Crippen molar-refractivity contribution in [1.82, 2.24) is 67.9 Å². The summed E-state index contributed by atoms with van der Waals surface area (Å²) in [6.45, 7) is 0.0909. The highest BCUT2D eigenvalue weighted by molar-refractivity contribution is 6.06. The minimum absolute atomic E-state index is 0.00320. The number of hydrogen-bond acceptors (Lipinski definition) is 14. The Bertz CT molecular complexity index is 3470. The average Bonchev–Trinajstić information content (AvgIpc) is 4.28. The molecule has 9 N–H and O–H groups in total. The Kier molecular flexibility index (Phi) is 17.2. The minimum Gasteiger partial charge on any atom is -0.351 e. The van der Waals surface area contributed by atoms with Gasteiger partial charge < -0.3 is 79.8 Å². The third-order valence-corrected chi connectivity index (χ3v) is 11.6. The number of rotatable bonds is 23. The number of amides is 9. The summed E-state index contributed by atoms with van der Waals surface area (Å²) in [6, 6.07) is 4.40. The number of hydrogen-bond donors (Lipinski definition) is 9. The van der Waals surface area contributed by atoms with Crippen LogP contribution in [0.15, 0.2) is 67.8 Å². The van der Waals surface area contributed by atoms with Crippen LogP contribution < -0.4 is 47.9 Å². The standard InChI is InChI=1S/C48H56N20O10/c1-62-16-15-49-40(62)46(76)53-27-17-31(64(3)20-27)44(74)52-14-11-39(72)59-35-25-68(7)42(61-35)48(78)54-28-18-30(63(2)21-28)43(73)50-12-8-9-37(70)58-34-24-67(6)41(60-34)47(77)55-29-19-32(65(4)22-29)45(75)51-13-10-38(71)57-33-23-66(5)36(26-69)56-33/h15-26H,8-14H2,1-7H3,(H,50,73)(H,51,75)(H,52,74)(H,53,76)(H,54,78)(H,55,77)(H,57,71)(H,58,70)(H,59,72). The molecule has 0 aromatic carbocycles. The van der Waals surface area contributed by atoms with Gasteiger partial charge in [-0.05, 0) is 24.6 Å². The Morgan fingerprint density at radius 2 is 0.808 bits per heavy atom. The van der Waals surface area contributed by atoms with Gasteiger partial charge in [0.1, 0.15) is 17.1 Å². The molecule has 0 saturated carbocycles. The van der Waals surface area contributed by atoms with Gasteiger partial charge in [-0.3, -0.25) is 47.9 Å². The fourth-order valence-electron chi connectivity index (χ4n) is 7.76. The van der Waals surface area contributed by atoms with Crippen molar-refractivity contribution >= 4 is 94.0 Å². The van der Waals surface area contributed by atoms with Crippen molar-refractivity contribution in [2.75, 3.05) is 51.5 Å². The van der Waals surface area contributed by atoms with Crippen molar-refractivity contribution in [3.63, 3.8) is 0 Å². The van der Waals surface area contributed by atoms with Crippen LogP contribution in [0.5, 0.6) is 0 Å². The molecule has 7 rings (SSSR count). The quantitative estimate of drug-likeness (QED) is 0.0317. The lowest BCUT2D eigenvalue weighted by Gasteiger charge is -2.06. The second-order valence-electron chi connectivity index (χ2n) is 17.7. The van der Waals surface area contributed by atoms with Crippen molar-refractivity contribution in [3.8, 4) is 0 Å². The van der Waals surface area contributed by atoms with E-state index in [1.165, 1.54) is 82.8 Å². The van der Waals surface area contributed by atoms with Gasteiger partial charge in [-0.25, -0.2) is 19.9 Å². The monoisotopic (exact) mass is 1070 g/mol. The predicted molar refractivity (Wildman–Crippen MR) is 280 cm³/mol. The summed E-state index contributed by atoms with van der Waals surface area (Å²) < 4.78 is 10.4. The SMILES string of the molecule is Cn1cc(NC(=O)c2nc(NC(=O)CCNC(=O)c3cc(NC(=O)c4nccn4C)cn3C)cn2C)cc1C(=O)NCCCC(=O)Nc1cn(C)c(C(=O)Nc2cc(C(=O)NCCC(=O)Nc3cn(C)c(C=O)n3)n(C)c2)n1. The minimum atomic E-state index is -0.628. The van der Waals surface area contributed by atoms with Crippen LogP contribution in [0.2, 0.25) is 0 Å². The van der Waals surface area contributed by atoms with Gasteiger partial charge in [0.05, 0.1) is 17.1 Å². The first kappa shape index (κ1) is 55.3. The lowest BCUT2D eigenvalue weighted by molar-refractivity contribution is -0.117. The fourth-order valence-corrected chi connectivity index (χ4v) is 7.76. The second kappa shape index (κ2) is 24.3. The Morgan fingerprint density at radius 3 is 1.21 bits per heavy atom. The van der Waals surface area contributed by atoms with Gasteiger partial charge in [-0.1, -0.05) is 0 Å². The topological polar surface area (TPSA) is 365 Å². The van der Waals surface area contributed by atoms with Crippen molar-refractivity contribution in [3.05, 3.63) is 108 Å².